The van der Waals surface area contributed by atoms with Crippen molar-refractivity contribution in [1.29, 1.82) is 0 Å². The molecule has 0 aliphatic rings. The molecule has 0 saturated heterocycles. The molecular weight excluding hydrogens is 254 g/mol. The van der Waals surface area contributed by atoms with Crippen molar-refractivity contribution in [3.05, 3.63) is 54.1 Å². The van der Waals surface area contributed by atoms with E-state index in [2.05, 4.69) is 4.98 Å². The van der Waals surface area contributed by atoms with Gasteiger partial charge in [-0.3, -0.25) is 0 Å². The van der Waals surface area contributed by atoms with E-state index in [1.807, 2.05) is 30.3 Å². The van der Waals surface area contributed by atoms with Crippen LogP contribution in [0.5, 0.6) is 0 Å². The van der Waals surface area contributed by atoms with Crippen LogP contribution in [0.2, 0.25) is 0 Å². The number of oxazole rings is 1. The van der Waals surface area contributed by atoms with Crippen LogP contribution in [0.4, 0.5) is 0 Å². The summed E-state index contributed by atoms with van der Waals surface area (Å²) in [6.45, 7) is 2.13. The van der Waals surface area contributed by atoms with Crippen molar-refractivity contribution in [2.45, 2.75) is 6.92 Å². The van der Waals surface area contributed by atoms with E-state index in [0.29, 0.717) is 23.6 Å². The van der Waals surface area contributed by atoms with Crippen LogP contribution in [0.25, 0.3) is 22.6 Å². The maximum atomic E-state index is 11.7. The van der Waals surface area contributed by atoms with Crippen LogP contribution < -0.4 is 0 Å². The minimum atomic E-state index is -0.355. The Labute approximate surface area is 116 Å². The topological polar surface area (TPSA) is 52.3 Å². The molecule has 3 aromatic rings. The molecule has 0 fully saturated rings. The molecule has 0 unspecified atom stereocenters. The summed E-state index contributed by atoms with van der Waals surface area (Å²) in [6.07, 6.45) is 0. The summed E-state index contributed by atoms with van der Waals surface area (Å²) in [6, 6.07) is 14.8. The number of hydrogen-bond acceptors (Lipinski definition) is 4. The quantitative estimate of drug-likeness (QED) is 0.679. The number of carbonyl (C=O) groups is 1. The highest BCUT2D eigenvalue weighted by molar-refractivity contribution is 5.93. The maximum Gasteiger partial charge on any atom is 0.338 e. The zero-order valence-corrected chi connectivity index (χ0v) is 11.0. The van der Waals surface area contributed by atoms with Gasteiger partial charge in [-0.05, 0) is 37.3 Å². The van der Waals surface area contributed by atoms with Gasteiger partial charge in [0.05, 0.1) is 12.2 Å². The lowest BCUT2D eigenvalue weighted by atomic mass is 10.2. The number of hydrogen-bond donors (Lipinski definition) is 0. The second-order valence-electron chi connectivity index (χ2n) is 4.29. The van der Waals surface area contributed by atoms with Gasteiger partial charge in [-0.25, -0.2) is 9.78 Å². The number of aromatic nitrogens is 1. The van der Waals surface area contributed by atoms with Crippen molar-refractivity contribution in [3.63, 3.8) is 0 Å². The van der Waals surface area contributed by atoms with Crippen molar-refractivity contribution in [2.24, 2.45) is 0 Å². The Morgan fingerprint density at radius 2 is 2.00 bits per heavy atom. The summed E-state index contributed by atoms with van der Waals surface area (Å²) >= 11 is 0. The van der Waals surface area contributed by atoms with Crippen molar-refractivity contribution in [2.75, 3.05) is 6.61 Å². The van der Waals surface area contributed by atoms with Crippen molar-refractivity contribution >= 4 is 17.1 Å². The Morgan fingerprint density at radius 3 is 2.75 bits per heavy atom. The van der Waals surface area contributed by atoms with Crippen LogP contribution in [0.1, 0.15) is 17.3 Å². The molecule has 100 valence electrons. The van der Waals surface area contributed by atoms with Crippen LogP contribution in [-0.2, 0) is 4.74 Å². The van der Waals surface area contributed by atoms with Gasteiger partial charge >= 0.3 is 5.97 Å². The van der Waals surface area contributed by atoms with Crippen molar-refractivity contribution in [1.82, 2.24) is 4.98 Å². The second-order valence-corrected chi connectivity index (χ2v) is 4.29. The van der Waals surface area contributed by atoms with Gasteiger partial charge in [-0.15, -0.1) is 0 Å². The molecule has 0 atom stereocenters. The lowest BCUT2D eigenvalue weighted by molar-refractivity contribution is 0.0526. The average Bonchev–Trinajstić information content (AvgIpc) is 2.91. The Balaban J connectivity index is 2.02. The third-order valence-corrected chi connectivity index (χ3v) is 2.92. The summed E-state index contributed by atoms with van der Waals surface area (Å²) in [7, 11) is 0. The molecule has 0 bridgehead atoms. The molecule has 0 aliphatic carbocycles. The van der Waals surface area contributed by atoms with E-state index >= 15 is 0 Å². The van der Waals surface area contributed by atoms with Crippen LogP contribution in [0, 0.1) is 0 Å². The monoisotopic (exact) mass is 267 g/mol. The van der Waals surface area contributed by atoms with E-state index in [4.69, 9.17) is 9.15 Å². The first-order valence-corrected chi connectivity index (χ1v) is 6.41. The smallest absolute Gasteiger partial charge is 0.338 e. The van der Waals surface area contributed by atoms with Crippen LogP contribution in [0.15, 0.2) is 52.9 Å². The maximum absolute atomic E-state index is 11.7. The Hall–Kier alpha value is -2.62. The van der Waals surface area contributed by atoms with Crippen molar-refractivity contribution in [3.8, 4) is 11.5 Å². The SMILES string of the molecule is CCOC(=O)c1ccc2nc(-c3ccccc3)oc2c1. The van der Waals surface area contributed by atoms with E-state index in [0.717, 1.165) is 11.1 Å². The standard InChI is InChI=1S/C16H13NO3/c1-2-19-16(18)12-8-9-13-14(10-12)20-15(17-13)11-6-4-3-5-7-11/h3-10H,2H2,1H3. The van der Waals surface area contributed by atoms with Crippen LogP contribution >= 0.6 is 0 Å². The number of ether oxygens (including phenoxy) is 1. The summed E-state index contributed by atoms with van der Waals surface area (Å²) < 4.78 is 10.7. The molecule has 3 rings (SSSR count). The predicted octanol–water partition coefficient (Wildman–Crippen LogP) is 3.67. The van der Waals surface area contributed by atoms with Gasteiger partial charge in [-0.2, -0.15) is 0 Å². The van der Waals surface area contributed by atoms with Gasteiger partial charge in [0.1, 0.15) is 5.52 Å². The summed E-state index contributed by atoms with van der Waals surface area (Å²) in [5.41, 5.74) is 2.67. The zero-order valence-electron chi connectivity index (χ0n) is 11.0. The molecule has 0 N–H and O–H groups in total. The molecule has 0 radical (unpaired) electrons. The van der Waals surface area contributed by atoms with Gasteiger partial charge in [0.2, 0.25) is 5.89 Å². The van der Waals surface area contributed by atoms with Gasteiger partial charge in [0, 0.05) is 5.56 Å². The summed E-state index contributed by atoms with van der Waals surface area (Å²) in [4.78, 5) is 16.1. The fourth-order valence-corrected chi connectivity index (χ4v) is 1.97. The molecule has 1 aromatic heterocycles. The minimum absolute atomic E-state index is 0.350. The number of benzene rings is 2. The lowest BCUT2D eigenvalue weighted by Gasteiger charge is -2.00. The molecule has 0 aliphatic heterocycles. The minimum Gasteiger partial charge on any atom is -0.462 e. The number of esters is 1. The Morgan fingerprint density at radius 1 is 1.20 bits per heavy atom. The summed E-state index contributed by atoms with van der Waals surface area (Å²) in [5.74, 6) is 0.189. The van der Waals surface area contributed by atoms with Gasteiger partial charge in [-0.1, -0.05) is 18.2 Å². The highest BCUT2D eigenvalue weighted by atomic mass is 16.5. The lowest BCUT2D eigenvalue weighted by Crippen LogP contribution is -2.03. The first kappa shape index (κ1) is 12.4. The molecule has 4 heteroatoms. The van der Waals surface area contributed by atoms with Gasteiger partial charge in [0.25, 0.3) is 0 Å². The third kappa shape index (κ3) is 2.28. The molecule has 20 heavy (non-hydrogen) atoms. The number of fused-ring (bicyclic) bond motifs is 1. The first-order chi connectivity index (χ1) is 9.78. The molecule has 0 amide bonds. The van der Waals surface area contributed by atoms with Crippen molar-refractivity contribution < 1.29 is 13.9 Å². The Bertz CT molecular complexity index is 747. The first-order valence-electron chi connectivity index (χ1n) is 6.41. The van der Waals surface area contributed by atoms with Crippen LogP contribution in [0.3, 0.4) is 0 Å². The third-order valence-electron chi connectivity index (χ3n) is 2.92. The molecular formula is C16H13NO3. The van der Waals surface area contributed by atoms with Gasteiger partial charge < -0.3 is 9.15 Å². The van der Waals surface area contributed by atoms with E-state index < -0.39 is 0 Å². The highest BCUT2D eigenvalue weighted by Crippen LogP contribution is 2.24. The van der Waals surface area contributed by atoms with E-state index in [-0.39, 0.29) is 5.97 Å². The predicted molar refractivity (Wildman–Crippen MR) is 75.4 cm³/mol. The number of rotatable bonds is 3. The largest absolute Gasteiger partial charge is 0.462 e. The second kappa shape index (κ2) is 5.17. The zero-order chi connectivity index (χ0) is 13.9. The fraction of sp³-hybridized carbons (Fsp3) is 0.125. The van der Waals surface area contributed by atoms with E-state index in [1.165, 1.54) is 0 Å². The highest BCUT2D eigenvalue weighted by Gasteiger charge is 2.12. The van der Waals surface area contributed by atoms with Gasteiger partial charge in [0.15, 0.2) is 5.58 Å². The fourth-order valence-electron chi connectivity index (χ4n) is 1.97. The molecule has 2 aromatic carbocycles. The van der Waals surface area contributed by atoms with E-state index in [9.17, 15) is 4.79 Å². The molecule has 0 saturated carbocycles. The normalized spacial score (nSPS) is 10.7. The Kier molecular flexibility index (Phi) is 3.21. The summed E-state index contributed by atoms with van der Waals surface area (Å²) in [5, 5.41) is 0. The molecule has 4 nitrogen and oxygen atoms in total. The van der Waals surface area contributed by atoms with Crippen LogP contribution in [-0.4, -0.2) is 17.6 Å². The average molecular weight is 267 g/mol. The molecule has 0 spiro atoms. The number of nitrogens with zero attached hydrogens (tertiary/aromatic N) is 1. The number of carbonyl (C=O) groups excluding carboxylic acids is 1. The molecule has 1 heterocycles. The van der Waals surface area contributed by atoms with E-state index in [1.54, 1.807) is 25.1 Å².